The second-order valence-corrected chi connectivity index (χ2v) is 1.40. The summed E-state index contributed by atoms with van der Waals surface area (Å²) >= 11 is 0. The molecule has 0 unspecified atom stereocenters. The van der Waals surface area contributed by atoms with E-state index in [1.54, 1.807) is 0 Å². The van der Waals surface area contributed by atoms with E-state index in [1.165, 1.54) is 0 Å². The van der Waals surface area contributed by atoms with Gasteiger partial charge in [0.15, 0.2) is 11.5 Å². The molecule has 1 aromatic heterocycles. The standard InChI is InChI=1S/C4H3FN2O2.Na.H2O/c5-2-1-6-7-3(2)4(8)9;;/h1H,(H,6,7)(H,8,9);;1H2/q;+1;/p-1. The molecule has 56 valence electrons. The molecule has 0 amide bonds. The maximum Gasteiger partial charge on any atom is 1.00 e. The molecule has 1 heterocycles. The first-order valence-corrected chi connectivity index (χ1v) is 2.14. The van der Waals surface area contributed by atoms with Crippen LogP contribution in [0.3, 0.4) is 0 Å². The van der Waals surface area contributed by atoms with E-state index >= 15 is 0 Å². The van der Waals surface area contributed by atoms with Gasteiger partial charge in [-0.2, -0.15) is 5.10 Å². The van der Waals surface area contributed by atoms with Gasteiger partial charge in [-0.05, 0) is 0 Å². The molecule has 1 rings (SSSR count). The zero-order chi connectivity index (χ0) is 6.85. The predicted octanol–water partition coefficient (Wildman–Crippen LogP) is -2.93. The van der Waals surface area contributed by atoms with Gasteiger partial charge in [0.1, 0.15) is 0 Å². The van der Waals surface area contributed by atoms with Gasteiger partial charge in [-0.15, -0.1) is 0 Å². The summed E-state index contributed by atoms with van der Waals surface area (Å²) in [4.78, 5) is 9.97. The summed E-state index contributed by atoms with van der Waals surface area (Å²) in [5.41, 5.74) is -0.505. The molecule has 0 atom stereocenters. The second kappa shape index (κ2) is 5.25. The minimum absolute atomic E-state index is 0. The summed E-state index contributed by atoms with van der Waals surface area (Å²) in [6.45, 7) is 0. The molecule has 0 saturated carbocycles. The number of carboxylic acids is 1. The molecular formula is C4H4FN2NaO3. The van der Waals surface area contributed by atoms with Gasteiger partial charge < -0.3 is 10.6 Å². The molecule has 7 heteroatoms. The van der Waals surface area contributed by atoms with Crippen LogP contribution in [0.15, 0.2) is 6.20 Å². The molecule has 0 aliphatic rings. The van der Waals surface area contributed by atoms with Crippen LogP contribution in [0, 0.1) is 5.82 Å². The van der Waals surface area contributed by atoms with E-state index in [2.05, 4.69) is 5.10 Å². The van der Waals surface area contributed by atoms with Gasteiger partial charge in [-0.3, -0.25) is 5.10 Å². The third kappa shape index (κ3) is 2.98. The zero-order valence-electron chi connectivity index (χ0n) is 5.71. The summed E-state index contributed by atoms with van der Waals surface area (Å²) in [7, 11) is 0. The Morgan fingerprint density at radius 2 is 2.27 bits per heavy atom. The molecule has 11 heavy (non-hydrogen) atoms. The Morgan fingerprint density at radius 1 is 1.73 bits per heavy atom. The normalized spacial score (nSPS) is 7.73. The number of H-pyrrole nitrogens is 1. The van der Waals surface area contributed by atoms with Gasteiger partial charge >= 0.3 is 35.5 Å². The number of aromatic amines is 1. The Labute approximate surface area is 83.2 Å². The summed E-state index contributed by atoms with van der Waals surface area (Å²) in [6.07, 6.45) is 0.809. The van der Waals surface area contributed by atoms with E-state index in [9.17, 15) is 9.18 Å². The van der Waals surface area contributed by atoms with Crippen molar-refractivity contribution in [2.24, 2.45) is 0 Å². The smallest absolute Gasteiger partial charge is 0.870 e. The van der Waals surface area contributed by atoms with Crippen LogP contribution in [0.1, 0.15) is 10.5 Å². The molecule has 0 radical (unpaired) electrons. The Kier molecular flexibility index (Phi) is 6.29. The first-order chi connectivity index (χ1) is 4.22. The summed E-state index contributed by atoms with van der Waals surface area (Å²) in [5.74, 6) is -2.19. The SMILES string of the molecule is O=C(O)c1[nH]ncc1F.[Na+].[OH-]. The topological polar surface area (TPSA) is 96.0 Å². The third-order valence-electron chi connectivity index (χ3n) is 0.807. The van der Waals surface area contributed by atoms with E-state index < -0.39 is 17.5 Å². The monoisotopic (exact) mass is 170 g/mol. The van der Waals surface area contributed by atoms with E-state index in [4.69, 9.17) is 5.11 Å². The van der Waals surface area contributed by atoms with Gasteiger partial charge in [0.2, 0.25) is 0 Å². The Bertz CT molecular complexity index is 239. The molecule has 0 bridgehead atoms. The van der Waals surface area contributed by atoms with Crippen molar-refractivity contribution >= 4 is 5.97 Å². The number of carbonyl (C=O) groups is 1. The number of aromatic carboxylic acids is 1. The average Bonchev–Trinajstić information content (AvgIpc) is 2.13. The number of carboxylic acid groups (broad SMARTS) is 1. The number of aromatic nitrogens is 2. The van der Waals surface area contributed by atoms with Crippen LogP contribution in [-0.4, -0.2) is 26.7 Å². The van der Waals surface area contributed by atoms with Crippen molar-refractivity contribution < 1.29 is 49.3 Å². The summed E-state index contributed by atoms with van der Waals surface area (Å²) in [5, 5.41) is 13.3. The second-order valence-electron chi connectivity index (χ2n) is 1.40. The van der Waals surface area contributed by atoms with Crippen molar-refractivity contribution in [2.75, 3.05) is 0 Å². The molecule has 0 aliphatic heterocycles. The fourth-order valence-corrected chi connectivity index (χ4v) is 0.421. The van der Waals surface area contributed by atoms with Crippen LogP contribution >= 0.6 is 0 Å². The number of rotatable bonds is 1. The zero-order valence-corrected chi connectivity index (χ0v) is 7.71. The molecule has 1 aromatic rings. The maximum atomic E-state index is 12.1. The van der Waals surface area contributed by atoms with Crippen LogP contribution in [0.5, 0.6) is 0 Å². The van der Waals surface area contributed by atoms with E-state index in [0.29, 0.717) is 0 Å². The quantitative estimate of drug-likeness (QED) is 0.441. The van der Waals surface area contributed by atoms with Gasteiger partial charge in [-0.1, -0.05) is 0 Å². The van der Waals surface area contributed by atoms with E-state index in [-0.39, 0.29) is 35.0 Å². The number of hydrogen-bond donors (Lipinski definition) is 2. The molecular weight excluding hydrogens is 166 g/mol. The largest absolute Gasteiger partial charge is 1.00 e. The van der Waals surface area contributed by atoms with Gasteiger partial charge in [0.25, 0.3) is 0 Å². The Balaban J connectivity index is 0. The summed E-state index contributed by atoms with van der Waals surface area (Å²) < 4.78 is 12.1. The molecule has 0 aromatic carbocycles. The van der Waals surface area contributed by atoms with Crippen molar-refractivity contribution in [1.29, 1.82) is 0 Å². The van der Waals surface area contributed by atoms with Crippen molar-refractivity contribution in [1.82, 2.24) is 10.2 Å². The fraction of sp³-hybridized carbons (Fsp3) is 0. The van der Waals surface area contributed by atoms with Crippen LogP contribution in [0.4, 0.5) is 4.39 Å². The van der Waals surface area contributed by atoms with Crippen molar-refractivity contribution in [3.8, 4) is 0 Å². The molecule has 0 spiro atoms. The average molecular weight is 170 g/mol. The van der Waals surface area contributed by atoms with Crippen molar-refractivity contribution in [3.63, 3.8) is 0 Å². The van der Waals surface area contributed by atoms with Crippen LogP contribution in [-0.2, 0) is 0 Å². The van der Waals surface area contributed by atoms with Crippen molar-refractivity contribution in [2.45, 2.75) is 0 Å². The van der Waals surface area contributed by atoms with Gasteiger partial charge in [-0.25, -0.2) is 9.18 Å². The predicted molar refractivity (Wildman–Crippen MR) is 27.4 cm³/mol. The first-order valence-electron chi connectivity index (χ1n) is 2.14. The molecule has 5 nitrogen and oxygen atoms in total. The van der Waals surface area contributed by atoms with E-state index in [0.717, 1.165) is 6.20 Å². The molecule has 0 fully saturated rings. The molecule has 3 N–H and O–H groups in total. The number of nitrogens with one attached hydrogen (secondary N) is 1. The van der Waals surface area contributed by atoms with Gasteiger partial charge in [0.05, 0.1) is 6.20 Å². The van der Waals surface area contributed by atoms with Crippen LogP contribution < -0.4 is 29.6 Å². The minimum Gasteiger partial charge on any atom is -0.870 e. The van der Waals surface area contributed by atoms with Crippen molar-refractivity contribution in [3.05, 3.63) is 17.7 Å². The Hall–Kier alpha value is -0.430. The number of nitrogens with zero attached hydrogens (tertiary/aromatic N) is 1. The first kappa shape index (κ1) is 13.2. The maximum absolute atomic E-state index is 12.1. The van der Waals surface area contributed by atoms with E-state index in [1.807, 2.05) is 5.10 Å². The fourth-order valence-electron chi connectivity index (χ4n) is 0.421. The van der Waals surface area contributed by atoms with Crippen LogP contribution in [0.2, 0.25) is 0 Å². The minimum atomic E-state index is -1.34. The van der Waals surface area contributed by atoms with Gasteiger partial charge in [0, 0.05) is 0 Å². The molecule has 0 saturated heterocycles. The Morgan fingerprint density at radius 3 is 2.45 bits per heavy atom. The van der Waals surface area contributed by atoms with Crippen LogP contribution in [0.25, 0.3) is 0 Å². The molecule has 0 aliphatic carbocycles. The summed E-state index contributed by atoms with van der Waals surface area (Å²) in [6, 6.07) is 0. The number of halogens is 1. The number of hydrogen-bond acceptors (Lipinski definition) is 3. The third-order valence-corrected chi connectivity index (χ3v) is 0.807.